The average molecular weight is 218 g/mol. The first-order valence-corrected chi connectivity index (χ1v) is 4.71. The molecule has 0 fully saturated rings. The number of phenolic OH excluding ortho intramolecular Hbond substituents is 1. The van der Waals surface area contributed by atoms with Crippen molar-refractivity contribution in [3.63, 3.8) is 0 Å². The van der Waals surface area contributed by atoms with E-state index >= 15 is 0 Å². The fourth-order valence-corrected chi connectivity index (χ4v) is 1.50. The standard InChI is InChI=1S/C11H10N2O3/c1-6-9(13-11(16)12-6)10(15)7-4-2-3-5-8(7)14/h2-5,14H,1H3,(H2,12,13,16). The molecule has 2 aromatic rings. The topological polar surface area (TPSA) is 86.0 Å². The van der Waals surface area contributed by atoms with Crippen molar-refractivity contribution < 1.29 is 9.90 Å². The van der Waals surface area contributed by atoms with Gasteiger partial charge in [0, 0.05) is 5.69 Å². The predicted molar refractivity (Wildman–Crippen MR) is 57.7 cm³/mol. The van der Waals surface area contributed by atoms with E-state index in [1.807, 2.05) is 0 Å². The van der Waals surface area contributed by atoms with Gasteiger partial charge in [0.25, 0.3) is 0 Å². The number of ketones is 1. The van der Waals surface area contributed by atoms with Crippen LogP contribution in [0, 0.1) is 6.92 Å². The average Bonchev–Trinajstić information content (AvgIpc) is 2.58. The molecule has 0 unspecified atom stereocenters. The molecular weight excluding hydrogens is 208 g/mol. The van der Waals surface area contributed by atoms with Crippen molar-refractivity contribution in [1.82, 2.24) is 9.97 Å². The maximum absolute atomic E-state index is 12.0. The van der Waals surface area contributed by atoms with Crippen LogP contribution in [0.25, 0.3) is 0 Å². The molecule has 0 bridgehead atoms. The molecule has 3 N–H and O–H groups in total. The van der Waals surface area contributed by atoms with E-state index in [-0.39, 0.29) is 17.0 Å². The van der Waals surface area contributed by atoms with Crippen molar-refractivity contribution in [3.05, 3.63) is 51.7 Å². The van der Waals surface area contributed by atoms with Gasteiger partial charge in [-0.3, -0.25) is 4.79 Å². The van der Waals surface area contributed by atoms with Gasteiger partial charge >= 0.3 is 5.69 Å². The van der Waals surface area contributed by atoms with Gasteiger partial charge in [0.1, 0.15) is 11.4 Å². The third-order valence-electron chi connectivity index (χ3n) is 2.29. The highest BCUT2D eigenvalue weighted by molar-refractivity contribution is 6.10. The Labute approximate surface area is 90.8 Å². The minimum Gasteiger partial charge on any atom is -0.507 e. The molecule has 82 valence electrons. The summed E-state index contributed by atoms with van der Waals surface area (Å²) in [6.07, 6.45) is 0. The number of carbonyl (C=O) groups is 1. The van der Waals surface area contributed by atoms with Gasteiger partial charge < -0.3 is 15.1 Å². The summed E-state index contributed by atoms with van der Waals surface area (Å²) >= 11 is 0. The first-order chi connectivity index (χ1) is 7.59. The molecule has 1 aromatic heterocycles. The predicted octanol–water partition coefficient (Wildman–Crippen LogP) is 0.948. The lowest BCUT2D eigenvalue weighted by Crippen LogP contribution is -2.06. The van der Waals surface area contributed by atoms with Crippen LogP contribution in [0.2, 0.25) is 0 Å². The number of nitrogens with one attached hydrogen (secondary N) is 2. The zero-order valence-corrected chi connectivity index (χ0v) is 8.57. The molecule has 0 aliphatic rings. The molecule has 2 rings (SSSR count). The normalized spacial score (nSPS) is 10.3. The zero-order valence-electron chi connectivity index (χ0n) is 8.57. The Morgan fingerprint density at radius 1 is 1.25 bits per heavy atom. The molecule has 5 heteroatoms. The summed E-state index contributed by atoms with van der Waals surface area (Å²) in [5.41, 5.74) is 0.363. The minimum atomic E-state index is -0.434. The van der Waals surface area contributed by atoms with Crippen molar-refractivity contribution in [2.24, 2.45) is 0 Å². The first kappa shape index (κ1) is 10.2. The molecule has 0 saturated heterocycles. The maximum atomic E-state index is 12.0. The minimum absolute atomic E-state index is 0.103. The van der Waals surface area contributed by atoms with Crippen LogP contribution < -0.4 is 5.69 Å². The number of imidazole rings is 1. The molecule has 0 radical (unpaired) electrons. The van der Waals surface area contributed by atoms with Crippen LogP contribution in [0.3, 0.4) is 0 Å². The lowest BCUT2D eigenvalue weighted by molar-refractivity contribution is 0.103. The van der Waals surface area contributed by atoms with Crippen LogP contribution in [0.1, 0.15) is 21.7 Å². The fraction of sp³-hybridized carbons (Fsp3) is 0.0909. The Balaban J connectivity index is 2.51. The number of hydrogen-bond acceptors (Lipinski definition) is 3. The summed E-state index contributed by atoms with van der Waals surface area (Å²) < 4.78 is 0. The van der Waals surface area contributed by atoms with Crippen LogP contribution in [0.5, 0.6) is 5.75 Å². The number of H-pyrrole nitrogens is 2. The van der Waals surface area contributed by atoms with Gasteiger partial charge in [-0.2, -0.15) is 0 Å². The van der Waals surface area contributed by atoms with E-state index in [4.69, 9.17) is 0 Å². The van der Waals surface area contributed by atoms with Crippen molar-refractivity contribution in [2.75, 3.05) is 0 Å². The van der Waals surface area contributed by atoms with Gasteiger partial charge in [-0.25, -0.2) is 4.79 Å². The van der Waals surface area contributed by atoms with Crippen LogP contribution >= 0.6 is 0 Å². The molecule has 0 spiro atoms. The van der Waals surface area contributed by atoms with Crippen LogP contribution in [0.15, 0.2) is 29.1 Å². The van der Waals surface area contributed by atoms with E-state index < -0.39 is 11.5 Å². The number of aromatic hydroxyl groups is 1. The number of aryl methyl sites for hydroxylation is 1. The van der Waals surface area contributed by atoms with E-state index in [0.29, 0.717) is 5.69 Å². The Kier molecular flexibility index (Phi) is 2.36. The second-order valence-corrected chi connectivity index (χ2v) is 3.43. The molecule has 5 nitrogen and oxygen atoms in total. The van der Waals surface area contributed by atoms with Crippen LogP contribution in [0.4, 0.5) is 0 Å². The second kappa shape index (κ2) is 3.69. The van der Waals surface area contributed by atoms with Gasteiger partial charge in [0.15, 0.2) is 0 Å². The summed E-state index contributed by atoms with van der Waals surface area (Å²) in [5.74, 6) is -0.511. The summed E-state index contributed by atoms with van der Waals surface area (Å²) in [5, 5.41) is 9.52. The molecule has 0 aliphatic heterocycles. The lowest BCUT2D eigenvalue weighted by Gasteiger charge is -2.01. The first-order valence-electron chi connectivity index (χ1n) is 4.71. The monoisotopic (exact) mass is 218 g/mol. The van der Waals surface area contributed by atoms with Crippen molar-refractivity contribution in [1.29, 1.82) is 0 Å². The number of aromatic amines is 2. The number of benzene rings is 1. The molecule has 1 aromatic carbocycles. The van der Waals surface area contributed by atoms with Crippen LogP contribution in [-0.4, -0.2) is 20.9 Å². The van der Waals surface area contributed by atoms with E-state index in [0.717, 1.165) is 0 Å². The highest BCUT2D eigenvalue weighted by atomic mass is 16.3. The number of aromatic nitrogens is 2. The summed E-state index contributed by atoms with van der Waals surface area (Å²) in [7, 11) is 0. The number of phenols is 1. The Morgan fingerprint density at radius 2 is 1.94 bits per heavy atom. The van der Waals surface area contributed by atoms with Gasteiger partial charge in [0.05, 0.1) is 5.56 Å². The van der Waals surface area contributed by atoms with Gasteiger partial charge in [-0.05, 0) is 19.1 Å². The zero-order chi connectivity index (χ0) is 11.7. The number of carbonyl (C=O) groups excluding carboxylic acids is 1. The third kappa shape index (κ3) is 1.63. The SMILES string of the molecule is Cc1[nH]c(=O)[nH]c1C(=O)c1ccccc1O. The van der Waals surface area contributed by atoms with E-state index in [9.17, 15) is 14.7 Å². The van der Waals surface area contributed by atoms with E-state index in [2.05, 4.69) is 9.97 Å². The van der Waals surface area contributed by atoms with Crippen molar-refractivity contribution in [2.45, 2.75) is 6.92 Å². The Hall–Kier alpha value is -2.30. The molecule has 0 atom stereocenters. The highest BCUT2D eigenvalue weighted by Crippen LogP contribution is 2.19. The largest absolute Gasteiger partial charge is 0.507 e. The summed E-state index contributed by atoms with van der Waals surface area (Å²) in [6.45, 7) is 1.62. The van der Waals surface area contributed by atoms with E-state index in [1.165, 1.54) is 12.1 Å². The van der Waals surface area contributed by atoms with Crippen LogP contribution in [-0.2, 0) is 0 Å². The number of para-hydroxylation sites is 1. The Bertz CT molecular complexity index is 595. The molecule has 0 amide bonds. The second-order valence-electron chi connectivity index (χ2n) is 3.43. The summed E-state index contributed by atoms with van der Waals surface area (Å²) in [6, 6.07) is 6.20. The van der Waals surface area contributed by atoms with Gasteiger partial charge in [-0.15, -0.1) is 0 Å². The fourth-order valence-electron chi connectivity index (χ4n) is 1.50. The van der Waals surface area contributed by atoms with Gasteiger partial charge in [-0.1, -0.05) is 12.1 Å². The molecule has 0 saturated carbocycles. The van der Waals surface area contributed by atoms with E-state index in [1.54, 1.807) is 19.1 Å². The quantitative estimate of drug-likeness (QED) is 0.656. The lowest BCUT2D eigenvalue weighted by atomic mass is 10.1. The number of hydrogen-bond donors (Lipinski definition) is 3. The van der Waals surface area contributed by atoms with Crippen molar-refractivity contribution >= 4 is 5.78 Å². The highest BCUT2D eigenvalue weighted by Gasteiger charge is 2.17. The number of rotatable bonds is 2. The van der Waals surface area contributed by atoms with Crippen molar-refractivity contribution in [3.8, 4) is 5.75 Å². The molecule has 1 heterocycles. The molecule has 16 heavy (non-hydrogen) atoms. The summed E-state index contributed by atoms with van der Waals surface area (Å²) in [4.78, 5) is 27.8. The third-order valence-corrected chi connectivity index (χ3v) is 2.29. The molecular formula is C11H10N2O3. The Morgan fingerprint density at radius 3 is 2.50 bits per heavy atom. The van der Waals surface area contributed by atoms with Gasteiger partial charge in [0.2, 0.25) is 5.78 Å². The maximum Gasteiger partial charge on any atom is 0.323 e. The smallest absolute Gasteiger partial charge is 0.323 e. The molecule has 0 aliphatic carbocycles.